The summed E-state index contributed by atoms with van der Waals surface area (Å²) in [5.41, 5.74) is 2.62. The molecule has 0 unspecified atom stereocenters. The standard InChI is InChI=1S/C16H20NO/c1-17(2,15-7-5-4-6-8-15)13-14-9-11-16(18-3)12-10-14/h4-12H,13H2,1-3H3/q+1. The fourth-order valence-electron chi connectivity index (χ4n) is 2.11. The highest BCUT2D eigenvalue weighted by atomic mass is 16.5. The van der Waals surface area contributed by atoms with Gasteiger partial charge in [-0.05, 0) is 36.4 Å². The number of hydrogen-bond acceptors (Lipinski definition) is 1. The second-order valence-electron chi connectivity index (χ2n) is 5.03. The van der Waals surface area contributed by atoms with E-state index in [9.17, 15) is 0 Å². The Bertz CT molecular complexity index is 488. The molecule has 2 rings (SSSR count). The molecule has 2 aromatic carbocycles. The van der Waals surface area contributed by atoms with Crippen molar-refractivity contribution in [2.75, 3.05) is 21.2 Å². The van der Waals surface area contributed by atoms with Gasteiger partial charge in [0.05, 0.1) is 21.2 Å². The van der Waals surface area contributed by atoms with Crippen LogP contribution in [0.3, 0.4) is 0 Å². The van der Waals surface area contributed by atoms with E-state index in [-0.39, 0.29) is 0 Å². The van der Waals surface area contributed by atoms with Crippen molar-refractivity contribution in [3.63, 3.8) is 0 Å². The first-order chi connectivity index (χ1) is 8.62. The van der Waals surface area contributed by atoms with Crippen LogP contribution in [0, 0.1) is 0 Å². The molecule has 0 spiro atoms. The number of ether oxygens (including phenoxy) is 1. The van der Waals surface area contributed by atoms with Crippen molar-refractivity contribution in [1.29, 1.82) is 0 Å². The van der Waals surface area contributed by atoms with Crippen LogP contribution in [0.25, 0.3) is 0 Å². The second-order valence-corrected chi connectivity index (χ2v) is 5.03. The zero-order chi connectivity index (χ0) is 13.0. The van der Waals surface area contributed by atoms with Gasteiger partial charge in [0.1, 0.15) is 18.0 Å². The summed E-state index contributed by atoms with van der Waals surface area (Å²) in [6, 6.07) is 18.8. The Morgan fingerprint density at radius 3 is 2.06 bits per heavy atom. The summed E-state index contributed by atoms with van der Waals surface area (Å²) in [6.07, 6.45) is 0. The molecule has 2 nitrogen and oxygen atoms in total. The van der Waals surface area contributed by atoms with Crippen LogP contribution in [0.5, 0.6) is 5.75 Å². The lowest BCUT2D eigenvalue weighted by molar-refractivity contribution is 0.390. The van der Waals surface area contributed by atoms with Gasteiger partial charge in [0.25, 0.3) is 0 Å². The third-order valence-corrected chi connectivity index (χ3v) is 3.19. The number of quaternary nitrogens is 1. The smallest absolute Gasteiger partial charge is 0.132 e. The van der Waals surface area contributed by atoms with Crippen molar-refractivity contribution >= 4 is 5.69 Å². The Morgan fingerprint density at radius 1 is 0.889 bits per heavy atom. The number of nitrogens with zero attached hydrogens (tertiary/aromatic N) is 1. The predicted molar refractivity (Wildman–Crippen MR) is 76.8 cm³/mol. The quantitative estimate of drug-likeness (QED) is 0.746. The maximum absolute atomic E-state index is 5.18. The Hall–Kier alpha value is -1.80. The first-order valence-corrected chi connectivity index (χ1v) is 6.13. The van der Waals surface area contributed by atoms with Crippen molar-refractivity contribution in [3.8, 4) is 5.75 Å². The maximum atomic E-state index is 5.18. The topological polar surface area (TPSA) is 9.23 Å². The number of methoxy groups -OCH3 is 1. The first-order valence-electron chi connectivity index (χ1n) is 6.13. The summed E-state index contributed by atoms with van der Waals surface area (Å²) in [4.78, 5) is 0. The van der Waals surface area contributed by atoms with Gasteiger partial charge in [0, 0.05) is 5.56 Å². The van der Waals surface area contributed by atoms with E-state index in [1.807, 2.05) is 12.1 Å². The molecular weight excluding hydrogens is 222 g/mol. The maximum Gasteiger partial charge on any atom is 0.132 e. The van der Waals surface area contributed by atoms with Gasteiger partial charge in [0.2, 0.25) is 0 Å². The fraction of sp³-hybridized carbons (Fsp3) is 0.250. The molecule has 0 fully saturated rings. The van der Waals surface area contributed by atoms with Crippen molar-refractivity contribution in [3.05, 3.63) is 60.2 Å². The minimum atomic E-state index is 0.840. The van der Waals surface area contributed by atoms with E-state index < -0.39 is 0 Å². The number of hydrogen-bond donors (Lipinski definition) is 0. The second kappa shape index (κ2) is 5.23. The molecule has 0 aromatic heterocycles. The first kappa shape index (κ1) is 12.7. The summed E-state index contributed by atoms with van der Waals surface area (Å²) < 4.78 is 6.02. The molecule has 94 valence electrons. The van der Waals surface area contributed by atoms with Crippen molar-refractivity contribution in [2.45, 2.75) is 6.54 Å². The fourth-order valence-corrected chi connectivity index (χ4v) is 2.11. The monoisotopic (exact) mass is 242 g/mol. The molecule has 2 aromatic rings. The highest BCUT2D eigenvalue weighted by Crippen LogP contribution is 2.22. The third kappa shape index (κ3) is 2.90. The molecule has 0 aliphatic rings. The molecular formula is C16H20NO+. The lowest BCUT2D eigenvalue weighted by Gasteiger charge is -2.29. The SMILES string of the molecule is COc1ccc(C[N+](C)(C)c2ccccc2)cc1. The van der Waals surface area contributed by atoms with Crippen LogP contribution in [0.2, 0.25) is 0 Å². The Morgan fingerprint density at radius 2 is 1.50 bits per heavy atom. The molecule has 0 bridgehead atoms. The normalized spacial score (nSPS) is 11.3. The zero-order valence-corrected chi connectivity index (χ0v) is 11.3. The molecule has 0 amide bonds. The van der Waals surface area contributed by atoms with Gasteiger partial charge < -0.3 is 4.74 Å². The Labute approximate surface area is 109 Å². The molecule has 0 heterocycles. The summed E-state index contributed by atoms with van der Waals surface area (Å²) in [7, 11) is 6.14. The summed E-state index contributed by atoms with van der Waals surface area (Å²) in [5, 5.41) is 0. The van der Waals surface area contributed by atoms with E-state index in [1.165, 1.54) is 11.3 Å². The van der Waals surface area contributed by atoms with Gasteiger partial charge >= 0.3 is 0 Å². The van der Waals surface area contributed by atoms with Crippen molar-refractivity contribution < 1.29 is 4.74 Å². The van der Waals surface area contributed by atoms with Gasteiger partial charge in [-0.3, -0.25) is 4.48 Å². The molecule has 0 aliphatic heterocycles. The Kier molecular flexibility index (Phi) is 3.68. The van der Waals surface area contributed by atoms with E-state index in [4.69, 9.17) is 4.74 Å². The molecule has 18 heavy (non-hydrogen) atoms. The minimum absolute atomic E-state index is 0.840. The average Bonchev–Trinajstić information content (AvgIpc) is 2.40. The highest BCUT2D eigenvalue weighted by molar-refractivity contribution is 5.42. The van der Waals surface area contributed by atoms with Crippen LogP contribution in [0.4, 0.5) is 5.69 Å². The minimum Gasteiger partial charge on any atom is -0.497 e. The van der Waals surface area contributed by atoms with E-state index >= 15 is 0 Å². The molecule has 0 N–H and O–H groups in total. The van der Waals surface area contributed by atoms with Gasteiger partial charge in [-0.15, -0.1) is 0 Å². The van der Waals surface area contributed by atoms with Gasteiger partial charge in [-0.25, -0.2) is 0 Å². The number of benzene rings is 2. The van der Waals surface area contributed by atoms with Crippen molar-refractivity contribution in [1.82, 2.24) is 4.48 Å². The van der Waals surface area contributed by atoms with Crippen LogP contribution in [0.1, 0.15) is 5.56 Å². The van der Waals surface area contributed by atoms with Gasteiger partial charge in [-0.2, -0.15) is 0 Å². The third-order valence-electron chi connectivity index (χ3n) is 3.19. The van der Waals surface area contributed by atoms with E-state index in [0.717, 1.165) is 16.8 Å². The number of para-hydroxylation sites is 1. The van der Waals surface area contributed by atoms with E-state index in [1.54, 1.807) is 7.11 Å². The average molecular weight is 242 g/mol. The van der Waals surface area contributed by atoms with Crippen LogP contribution < -0.4 is 9.22 Å². The molecule has 0 radical (unpaired) electrons. The van der Waals surface area contributed by atoms with Crippen LogP contribution in [-0.2, 0) is 6.54 Å². The molecule has 0 aliphatic carbocycles. The Balaban J connectivity index is 2.16. The lowest BCUT2D eigenvalue weighted by atomic mass is 10.1. The summed E-state index contributed by atoms with van der Waals surface area (Å²) in [5.74, 6) is 0.906. The van der Waals surface area contributed by atoms with Gasteiger partial charge in [0.15, 0.2) is 0 Å². The largest absolute Gasteiger partial charge is 0.497 e. The molecule has 0 saturated heterocycles. The molecule has 2 heteroatoms. The molecule has 0 saturated carbocycles. The van der Waals surface area contributed by atoms with Crippen LogP contribution in [0.15, 0.2) is 54.6 Å². The number of rotatable bonds is 4. The summed E-state index contributed by atoms with van der Waals surface area (Å²) in [6.45, 7) is 0.966. The van der Waals surface area contributed by atoms with E-state index in [0.29, 0.717) is 0 Å². The highest BCUT2D eigenvalue weighted by Gasteiger charge is 2.18. The molecule has 0 atom stereocenters. The predicted octanol–water partition coefficient (Wildman–Crippen LogP) is 3.46. The van der Waals surface area contributed by atoms with Gasteiger partial charge in [-0.1, -0.05) is 18.2 Å². The van der Waals surface area contributed by atoms with Crippen LogP contribution >= 0.6 is 0 Å². The summed E-state index contributed by atoms with van der Waals surface area (Å²) >= 11 is 0. The van der Waals surface area contributed by atoms with E-state index in [2.05, 4.69) is 56.6 Å². The van der Waals surface area contributed by atoms with Crippen molar-refractivity contribution in [2.24, 2.45) is 0 Å². The van der Waals surface area contributed by atoms with Crippen LogP contribution in [-0.4, -0.2) is 21.2 Å². The lowest BCUT2D eigenvalue weighted by Crippen LogP contribution is -2.39. The zero-order valence-electron chi connectivity index (χ0n) is 11.3.